The van der Waals surface area contributed by atoms with E-state index >= 15 is 0 Å². The maximum absolute atomic E-state index is 12.0. The Kier molecular flexibility index (Phi) is 3.83. The third-order valence-corrected chi connectivity index (χ3v) is 4.64. The average molecular weight is 283 g/mol. The van der Waals surface area contributed by atoms with Gasteiger partial charge >= 0.3 is 0 Å². The minimum absolute atomic E-state index is 0.0178. The largest absolute Gasteiger partial charge is 0.409 e. The lowest BCUT2D eigenvalue weighted by molar-refractivity contribution is 0.0949. The van der Waals surface area contributed by atoms with Crippen LogP contribution in [0.5, 0.6) is 0 Å². The van der Waals surface area contributed by atoms with Gasteiger partial charge in [0.25, 0.3) is 5.91 Å². The Morgan fingerprint density at radius 2 is 2.39 bits per heavy atom. The molecule has 0 aliphatic heterocycles. The molecule has 4 N–H and O–H groups in total. The molecule has 0 aromatic carbocycles. The lowest BCUT2D eigenvalue weighted by Crippen LogP contribution is -2.43. The molecule has 0 radical (unpaired) electrons. The Hall–Kier alpha value is -1.60. The lowest BCUT2D eigenvalue weighted by Gasteiger charge is -2.14. The number of carbonyl (C=O) groups is 1. The fourth-order valence-electron chi connectivity index (χ4n) is 1.56. The van der Waals surface area contributed by atoms with Crippen molar-refractivity contribution >= 4 is 43.8 Å². The van der Waals surface area contributed by atoms with E-state index in [0.29, 0.717) is 11.3 Å². The highest BCUT2D eigenvalue weighted by Gasteiger charge is 2.17. The van der Waals surface area contributed by atoms with Crippen molar-refractivity contribution in [2.24, 2.45) is 10.9 Å². The minimum Gasteiger partial charge on any atom is -0.409 e. The zero-order valence-corrected chi connectivity index (χ0v) is 11.3. The van der Waals surface area contributed by atoms with Crippen molar-refractivity contribution in [1.82, 2.24) is 5.32 Å². The van der Waals surface area contributed by atoms with Gasteiger partial charge in [-0.3, -0.25) is 4.79 Å². The van der Waals surface area contributed by atoms with Crippen LogP contribution in [0.15, 0.2) is 22.7 Å². The van der Waals surface area contributed by atoms with Gasteiger partial charge in [0.05, 0.1) is 10.9 Å². The summed E-state index contributed by atoms with van der Waals surface area (Å²) in [5.74, 6) is -0.175. The highest BCUT2D eigenvalue weighted by molar-refractivity contribution is 7.27. The standard InChI is InChI=1S/C11H13N3O2S2/c1-2-6(10(12)14-16)13-11(15)9-5-8-7(18-9)3-4-17-8/h3-6,16H,2H2,1H3,(H2,12,14)(H,13,15). The quantitative estimate of drug-likeness (QED) is 0.348. The van der Waals surface area contributed by atoms with Crippen molar-refractivity contribution in [2.75, 3.05) is 0 Å². The normalized spacial score (nSPS) is 13.7. The van der Waals surface area contributed by atoms with Gasteiger partial charge in [0.15, 0.2) is 5.84 Å². The van der Waals surface area contributed by atoms with E-state index in [1.54, 1.807) is 11.3 Å². The number of carbonyl (C=O) groups excluding carboxylic acids is 1. The molecule has 0 bridgehead atoms. The molecule has 0 aliphatic rings. The zero-order valence-electron chi connectivity index (χ0n) is 9.71. The number of nitrogens with two attached hydrogens (primary N) is 1. The second-order valence-corrected chi connectivity index (χ2v) is 5.75. The van der Waals surface area contributed by atoms with Crippen molar-refractivity contribution in [3.05, 3.63) is 22.4 Å². The molecule has 2 rings (SSSR count). The Morgan fingerprint density at radius 3 is 3.00 bits per heavy atom. The predicted octanol–water partition coefficient (Wildman–Crippen LogP) is 2.22. The third kappa shape index (κ3) is 2.46. The SMILES string of the molecule is CCC(NC(=O)c1cc2sccc2s1)/C(N)=N/O. The molecule has 5 nitrogen and oxygen atoms in total. The van der Waals surface area contributed by atoms with E-state index in [-0.39, 0.29) is 11.7 Å². The first-order chi connectivity index (χ1) is 8.65. The number of fused-ring (bicyclic) bond motifs is 1. The van der Waals surface area contributed by atoms with Gasteiger partial charge in [0.1, 0.15) is 0 Å². The highest BCUT2D eigenvalue weighted by atomic mass is 32.1. The summed E-state index contributed by atoms with van der Waals surface area (Å²) in [4.78, 5) is 12.7. The van der Waals surface area contributed by atoms with Gasteiger partial charge in [-0.2, -0.15) is 0 Å². The molecule has 2 aromatic rings. The van der Waals surface area contributed by atoms with E-state index in [2.05, 4.69) is 10.5 Å². The number of nitrogens with one attached hydrogen (secondary N) is 1. The number of oxime groups is 1. The van der Waals surface area contributed by atoms with Gasteiger partial charge in [0.2, 0.25) is 0 Å². The molecule has 18 heavy (non-hydrogen) atoms. The van der Waals surface area contributed by atoms with Gasteiger partial charge in [-0.15, -0.1) is 22.7 Å². The summed E-state index contributed by atoms with van der Waals surface area (Å²) >= 11 is 3.04. The number of hydrogen-bond donors (Lipinski definition) is 3. The molecule has 7 heteroatoms. The summed E-state index contributed by atoms with van der Waals surface area (Å²) in [7, 11) is 0. The molecule has 1 amide bonds. The maximum Gasteiger partial charge on any atom is 0.262 e. The minimum atomic E-state index is -0.442. The monoisotopic (exact) mass is 283 g/mol. The Morgan fingerprint density at radius 1 is 1.61 bits per heavy atom. The fraction of sp³-hybridized carbons (Fsp3) is 0.273. The number of thiophene rings is 2. The van der Waals surface area contributed by atoms with Crippen LogP contribution in [0.1, 0.15) is 23.0 Å². The first-order valence-corrected chi connectivity index (χ1v) is 7.10. The summed E-state index contributed by atoms with van der Waals surface area (Å²) in [5, 5.41) is 16.3. The van der Waals surface area contributed by atoms with Crippen LogP contribution in [0.2, 0.25) is 0 Å². The maximum atomic E-state index is 12.0. The first kappa shape index (κ1) is 12.8. The topological polar surface area (TPSA) is 87.7 Å². The summed E-state index contributed by atoms with van der Waals surface area (Å²) in [6.45, 7) is 1.86. The van der Waals surface area contributed by atoms with Crippen molar-refractivity contribution < 1.29 is 10.0 Å². The van der Waals surface area contributed by atoms with Crippen LogP contribution in [0, 0.1) is 0 Å². The summed E-state index contributed by atoms with van der Waals surface area (Å²) in [5.41, 5.74) is 5.50. The molecule has 0 spiro atoms. The predicted molar refractivity (Wildman–Crippen MR) is 74.7 cm³/mol. The molecular weight excluding hydrogens is 270 g/mol. The van der Waals surface area contributed by atoms with E-state index in [4.69, 9.17) is 10.9 Å². The van der Waals surface area contributed by atoms with E-state index in [9.17, 15) is 4.79 Å². The summed E-state index contributed by atoms with van der Waals surface area (Å²) in [6.07, 6.45) is 0.571. The van der Waals surface area contributed by atoms with E-state index in [1.807, 2.05) is 24.4 Å². The number of amidine groups is 1. The number of nitrogens with zero attached hydrogens (tertiary/aromatic N) is 1. The Labute approximate surface area is 112 Å². The molecule has 1 unspecified atom stereocenters. The first-order valence-electron chi connectivity index (χ1n) is 5.41. The lowest BCUT2D eigenvalue weighted by atomic mass is 10.2. The van der Waals surface area contributed by atoms with Crippen molar-refractivity contribution in [3.63, 3.8) is 0 Å². The second-order valence-electron chi connectivity index (χ2n) is 3.72. The van der Waals surface area contributed by atoms with Gasteiger partial charge in [-0.1, -0.05) is 12.1 Å². The molecule has 0 saturated carbocycles. The van der Waals surface area contributed by atoms with Crippen molar-refractivity contribution in [1.29, 1.82) is 0 Å². The molecule has 0 fully saturated rings. The molecule has 96 valence electrons. The van der Waals surface area contributed by atoms with Gasteiger partial charge in [-0.05, 0) is 23.9 Å². The molecule has 0 aliphatic carbocycles. The zero-order chi connectivity index (χ0) is 13.1. The summed E-state index contributed by atoms with van der Waals surface area (Å²) in [6, 6.07) is 3.41. The highest BCUT2D eigenvalue weighted by Crippen LogP contribution is 2.29. The molecule has 2 aromatic heterocycles. The van der Waals surface area contributed by atoms with Gasteiger partial charge in [-0.25, -0.2) is 0 Å². The molecule has 1 atom stereocenters. The van der Waals surface area contributed by atoms with Crippen molar-refractivity contribution in [2.45, 2.75) is 19.4 Å². The van der Waals surface area contributed by atoms with Crippen LogP contribution in [0.3, 0.4) is 0 Å². The number of hydrogen-bond acceptors (Lipinski definition) is 5. The Bertz CT molecular complexity index is 559. The van der Waals surface area contributed by atoms with Crippen LogP contribution >= 0.6 is 22.7 Å². The van der Waals surface area contributed by atoms with Crippen LogP contribution < -0.4 is 11.1 Å². The molecule has 2 heterocycles. The molecular formula is C11H13N3O2S2. The van der Waals surface area contributed by atoms with Crippen LogP contribution in [0.25, 0.3) is 9.40 Å². The van der Waals surface area contributed by atoms with Crippen LogP contribution in [-0.4, -0.2) is 23.0 Å². The number of rotatable bonds is 4. The van der Waals surface area contributed by atoms with Gasteiger partial charge < -0.3 is 16.3 Å². The van der Waals surface area contributed by atoms with Gasteiger partial charge in [0, 0.05) is 9.40 Å². The average Bonchev–Trinajstić information content (AvgIpc) is 2.95. The third-order valence-electron chi connectivity index (χ3n) is 2.55. The number of amides is 1. The van der Waals surface area contributed by atoms with E-state index < -0.39 is 6.04 Å². The van der Waals surface area contributed by atoms with E-state index in [0.717, 1.165) is 9.40 Å². The van der Waals surface area contributed by atoms with E-state index in [1.165, 1.54) is 11.3 Å². The fourth-order valence-corrected chi connectivity index (χ4v) is 3.57. The van der Waals surface area contributed by atoms with Crippen LogP contribution in [0.4, 0.5) is 0 Å². The summed E-state index contributed by atoms with van der Waals surface area (Å²) < 4.78 is 2.20. The van der Waals surface area contributed by atoms with Crippen LogP contribution in [-0.2, 0) is 0 Å². The smallest absolute Gasteiger partial charge is 0.262 e. The van der Waals surface area contributed by atoms with Crippen molar-refractivity contribution in [3.8, 4) is 0 Å². The second kappa shape index (κ2) is 5.36. The molecule has 0 saturated heterocycles. The Balaban J connectivity index is 2.14.